The van der Waals surface area contributed by atoms with Crippen molar-refractivity contribution in [2.45, 2.75) is 13.0 Å². The summed E-state index contributed by atoms with van der Waals surface area (Å²) in [7, 11) is -2.22. The van der Waals surface area contributed by atoms with Gasteiger partial charge in [0.25, 0.3) is 10.0 Å². The van der Waals surface area contributed by atoms with Crippen LogP contribution >= 0.6 is 0 Å². The molecule has 0 amide bonds. The van der Waals surface area contributed by atoms with Gasteiger partial charge in [-0.1, -0.05) is 30.3 Å². The molecule has 6 nitrogen and oxygen atoms in total. The van der Waals surface area contributed by atoms with Crippen LogP contribution in [0.25, 0.3) is 10.5 Å². The smallest absolute Gasteiger partial charge is 0.264 e. The van der Waals surface area contributed by atoms with Crippen LogP contribution in [-0.4, -0.2) is 39.1 Å². The van der Waals surface area contributed by atoms with Crippen LogP contribution in [0, 0.1) is 0 Å². The van der Waals surface area contributed by atoms with E-state index < -0.39 is 16.1 Å². The minimum atomic E-state index is -3.78. The minimum absolute atomic E-state index is 0.101. The Morgan fingerprint density at radius 2 is 1.73 bits per heavy atom. The number of aliphatic hydroxyl groups is 1. The van der Waals surface area contributed by atoms with E-state index in [1.807, 2.05) is 30.3 Å². The number of sulfonamides is 1. The highest BCUT2D eigenvalue weighted by Gasteiger charge is 2.35. The summed E-state index contributed by atoms with van der Waals surface area (Å²) in [6.45, 7) is 1.70. The number of nitrogens with zero attached hydrogens (tertiary/aromatic N) is 1. The second kappa shape index (κ2) is 7.31. The van der Waals surface area contributed by atoms with Crippen LogP contribution in [0.1, 0.15) is 18.1 Å². The summed E-state index contributed by atoms with van der Waals surface area (Å²) in [5.41, 5.74) is 1.77. The molecule has 3 rings (SSSR count). The molecule has 1 atom stereocenters. The van der Waals surface area contributed by atoms with Crippen molar-refractivity contribution in [2.75, 3.05) is 13.7 Å². The molecule has 0 saturated carbocycles. The molecule has 0 radical (unpaired) electrons. The highest BCUT2D eigenvalue weighted by molar-refractivity contribution is 8.00. The van der Waals surface area contributed by atoms with Crippen LogP contribution in [-0.2, 0) is 10.0 Å². The Bertz CT molecular complexity index is 947. The number of aliphatic imine (C=N–C) groups is 1. The summed E-state index contributed by atoms with van der Waals surface area (Å²) >= 11 is 0. The van der Waals surface area contributed by atoms with E-state index in [-0.39, 0.29) is 17.3 Å². The number of amidine groups is 1. The van der Waals surface area contributed by atoms with Crippen LogP contribution in [0.2, 0.25) is 0 Å². The fraction of sp³-hybridized carbons (Fsp3) is 0.211. The lowest BCUT2D eigenvalue weighted by molar-refractivity contribution is 0.204. The highest BCUT2D eigenvalue weighted by Crippen LogP contribution is 2.36. The number of hydrogen-bond acceptors (Lipinski definition) is 5. The first-order valence-electron chi connectivity index (χ1n) is 8.12. The zero-order chi connectivity index (χ0) is 18.7. The maximum atomic E-state index is 12.8. The van der Waals surface area contributed by atoms with E-state index in [0.717, 1.165) is 5.56 Å². The highest BCUT2D eigenvalue weighted by atomic mass is 32.2. The molecule has 0 aliphatic carbocycles. The van der Waals surface area contributed by atoms with Crippen LogP contribution in [0.5, 0.6) is 5.75 Å². The molecule has 2 aromatic rings. The summed E-state index contributed by atoms with van der Waals surface area (Å²) in [6.07, 6.45) is -0.672. The topological polar surface area (TPSA) is 88.0 Å². The van der Waals surface area contributed by atoms with Crippen molar-refractivity contribution in [2.24, 2.45) is 4.99 Å². The van der Waals surface area contributed by atoms with Crippen LogP contribution in [0.3, 0.4) is 0 Å². The second-order valence-corrected chi connectivity index (χ2v) is 7.56. The molecule has 7 heteroatoms. The maximum absolute atomic E-state index is 12.8. The van der Waals surface area contributed by atoms with Crippen molar-refractivity contribution in [1.29, 1.82) is 0 Å². The minimum Gasteiger partial charge on any atom is -0.497 e. The predicted octanol–water partition coefficient (Wildman–Crippen LogP) is 2.28. The molecule has 0 aromatic heterocycles. The summed E-state index contributed by atoms with van der Waals surface area (Å²) in [5, 5.41) is 9.53. The largest absolute Gasteiger partial charge is 0.497 e. The molecule has 0 spiro atoms. The molecule has 0 fully saturated rings. The standard InChI is InChI=1S/C19H20N2O4S/c1-13(22)12-20-19-17(14-6-4-3-5-7-14)18(26(23,24)21-19)15-8-10-16(25-2)11-9-15/h3-11,13,22H,12H2,1-2H3,(H,20,21). The third-order valence-electron chi connectivity index (χ3n) is 3.89. The van der Waals surface area contributed by atoms with Gasteiger partial charge in [0.1, 0.15) is 16.5 Å². The van der Waals surface area contributed by atoms with Crippen molar-refractivity contribution in [3.63, 3.8) is 0 Å². The van der Waals surface area contributed by atoms with E-state index in [1.54, 1.807) is 38.3 Å². The van der Waals surface area contributed by atoms with Crippen molar-refractivity contribution >= 4 is 26.3 Å². The number of methoxy groups -OCH3 is 1. The lowest BCUT2D eigenvalue weighted by Gasteiger charge is -2.07. The lowest BCUT2D eigenvalue weighted by Crippen LogP contribution is -2.24. The van der Waals surface area contributed by atoms with Crippen molar-refractivity contribution in [1.82, 2.24) is 4.72 Å². The van der Waals surface area contributed by atoms with Gasteiger partial charge in [0.2, 0.25) is 0 Å². The first-order valence-corrected chi connectivity index (χ1v) is 9.60. The van der Waals surface area contributed by atoms with Gasteiger partial charge in [-0.25, -0.2) is 8.42 Å². The zero-order valence-corrected chi connectivity index (χ0v) is 15.3. The molecular weight excluding hydrogens is 352 g/mol. The molecule has 26 heavy (non-hydrogen) atoms. The maximum Gasteiger partial charge on any atom is 0.264 e. The van der Waals surface area contributed by atoms with Gasteiger partial charge in [-0.2, -0.15) is 0 Å². The average Bonchev–Trinajstić information content (AvgIpc) is 2.91. The second-order valence-electron chi connectivity index (χ2n) is 5.94. The molecule has 2 N–H and O–H groups in total. The Kier molecular flexibility index (Phi) is 5.11. The monoisotopic (exact) mass is 372 g/mol. The molecule has 1 aliphatic rings. The van der Waals surface area contributed by atoms with Gasteiger partial charge < -0.3 is 9.84 Å². The lowest BCUT2D eigenvalue weighted by atomic mass is 10.0. The first kappa shape index (κ1) is 18.2. The summed E-state index contributed by atoms with van der Waals surface area (Å²) < 4.78 is 33.3. The fourth-order valence-corrected chi connectivity index (χ4v) is 4.17. The number of aliphatic hydroxyl groups excluding tert-OH is 1. The number of rotatable bonds is 5. The van der Waals surface area contributed by atoms with Crippen molar-refractivity contribution in [3.05, 3.63) is 65.7 Å². The van der Waals surface area contributed by atoms with E-state index in [0.29, 0.717) is 16.9 Å². The van der Waals surface area contributed by atoms with Gasteiger partial charge in [-0.15, -0.1) is 0 Å². The molecular formula is C19H20N2O4S. The van der Waals surface area contributed by atoms with Crippen molar-refractivity contribution in [3.8, 4) is 5.75 Å². The molecule has 0 bridgehead atoms. The fourth-order valence-electron chi connectivity index (χ4n) is 2.72. The summed E-state index contributed by atoms with van der Waals surface area (Å²) in [4.78, 5) is 4.44. The Balaban J connectivity index is 2.23. The van der Waals surface area contributed by atoms with Crippen molar-refractivity contribution < 1.29 is 18.3 Å². The number of ether oxygens (including phenoxy) is 1. The van der Waals surface area contributed by atoms with E-state index in [4.69, 9.17) is 4.74 Å². The van der Waals surface area contributed by atoms with E-state index >= 15 is 0 Å². The molecule has 136 valence electrons. The van der Waals surface area contributed by atoms with Crippen LogP contribution in [0.4, 0.5) is 0 Å². The summed E-state index contributed by atoms with van der Waals surface area (Å²) in [6, 6.07) is 16.0. The normalized spacial score (nSPS) is 18.7. The Morgan fingerprint density at radius 1 is 1.08 bits per heavy atom. The average molecular weight is 372 g/mol. The van der Waals surface area contributed by atoms with Gasteiger partial charge in [-0.05, 0) is 42.3 Å². The van der Waals surface area contributed by atoms with Gasteiger partial charge in [0, 0.05) is 5.57 Å². The van der Waals surface area contributed by atoms with E-state index in [1.165, 1.54) is 0 Å². The molecule has 1 aliphatic heterocycles. The third-order valence-corrected chi connectivity index (χ3v) is 5.33. The molecule has 1 unspecified atom stereocenters. The van der Waals surface area contributed by atoms with Crippen LogP contribution in [0.15, 0.2) is 59.6 Å². The van der Waals surface area contributed by atoms with E-state index in [9.17, 15) is 13.5 Å². The summed E-state index contributed by atoms with van der Waals surface area (Å²) in [5.74, 6) is 0.880. The number of hydrogen-bond donors (Lipinski definition) is 2. The Labute approximate surface area is 152 Å². The first-order chi connectivity index (χ1) is 12.4. The van der Waals surface area contributed by atoms with Crippen LogP contribution < -0.4 is 9.46 Å². The SMILES string of the molecule is COc1ccc(C2=C(c3ccccc3)C(=NCC(C)O)NS2(=O)=O)cc1. The Morgan fingerprint density at radius 3 is 2.31 bits per heavy atom. The van der Waals surface area contributed by atoms with Gasteiger partial charge in [0.15, 0.2) is 0 Å². The number of benzene rings is 2. The molecule has 0 saturated heterocycles. The molecule has 2 aromatic carbocycles. The van der Waals surface area contributed by atoms with Gasteiger partial charge in [-0.3, -0.25) is 9.71 Å². The van der Waals surface area contributed by atoms with Gasteiger partial charge >= 0.3 is 0 Å². The molecule has 1 heterocycles. The third kappa shape index (κ3) is 3.63. The Hall–Kier alpha value is -2.64. The number of nitrogens with one attached hydrogen (secondary N) is 1. The quantitative estimate of drug-likeness (QED) is 0.843. The van der Waals surface area contributed by atoms with Gasteiger partial charge in [0.05, 0.1) is 19.8 Å². The predicted molar refractivity (Wildman–Crippen MR) is 102 cm³/mol. The zero-order valence-electron chi connectivity index (χ0n) is 14.5. The van der Waals surface area contributed by atoms with E-state index in [2.05, 4.69) is 9.71 Å².